The molecule has 1 aromatic carbocycles. The summed E-state index contributed by atoms with van der Waals surface area (Å²) in [7, 11) is 0. The van der Waals surface area contributed by atoms with Crippen LogP contribution in [0.15, 0.2) is 60.9 Å². The minimum absolute atomic E-state index is 0.282. The molecule has 104 valence electrons. The number of carbonyl (C=O) groups is 1. The second-order valence-corrected chi connectivity index (χ2v) is 4.62. The summed E-state index contributed by atoms with van der Waals surface area (Å²) >= 11 is 0. The molecule has 0 saturated carbocycles. The fraction of sp³-hybridized carbons (Fsp3) is 0.0625. The molecule has 0 atom stereocenters. The van der Waals surface area contributed by atoms with Crippen molar-refractivity contribution in [1.82, 2.24) is 14.8 Å². The molecule has 5 nitrogen and oxygen atoms in total. The van der Waals surface area contributed by atoms with Gasteiger partial charge >= 0.3 is 5.97 Å². The molecule has 0 amide bonds. The van der Waals surface area contributed by atoms with Crippen molar-refractivity contribution in [3.63, 3.8) is 0 Å². The Balaban J connectivity index is 1.82. The summed E-state index contributed by atoms with van der Waals surface area (Å²) < 4.78 is 1.77. The van der Waals surface area contributed by atoms with Gasteiger partial charge in [0, 0.05) is 12.4 Å². The minimum Gasteiger partial charge on any atom is -0.478 e. The first-order chi connectivity index (χ1) is 10.2. The summed E-state index contributed by atoms with van der Waals surface area (Å²) in [5, 5.41) is 13.5. The van der Waals surface area contributed by atoms with E-state index in [1.165, 1.54) is 0 Å². The Morgan fingerprint density at radius 2 is 2.00 bits per heavy atom. The second kappa shape index (κ2) is 5.58. The van der Waals surface area contributed by atoms with Crippen LogP contribution in [-0.2, 0) is 6.54 Å². The molecular weight excluding hydrogens is 266 g/mol. The van der Waals surface area contributed by atoms with Crippen LogP contribution in [0.2, 0.25) is 0 Å². The smallest absolute Gasteiger partial charge is 0.335 e. The zero-order valence-corrected chi connectivity index (χ0v) is 11.2. The van der Waals surface area contributed by atoms with Gasteiger partial charge in [-0.3, -0.25) is 9.67 Å². The Morgan fingerprint density at radius 3 is 2.76 bits per heavy atom. The van der Waals surface area contributed by atoms with Gasteiger partial charge in [-0.1, -0.05) is 18.2 Å². The van der Waals surface area contributed by atoms with E-state index in [9.17, 15) is 4.79 Å². The van der Waals surface area contributed by atoms with Crippen LogP contribution in [0.3, 0.4) is 0 Å². The summed E-state index contributed by atoms with van der Waals surface area (Å²) in [4.78, 5) is 15.2. The average molecular weight is 279 g/mol. The largest absolute Gasteiger partial charge is 0.478 e. The maximum absolute atomic E-state index is 11.0. The van der Waals surface area contributed by atoms with Gasteiger partial charge in [-0.25, -0.2) is 4.79 Å². The van der Waals surface area contributed by atoms with Gasteiger partial charge in [0.2, 0.25) is 0 Å². The summed E-state index contributed by atoms with van der Waals surface area (Å²) in [5.74, 6) is -0.925. The molecule has 0 aliphatic heterocycles. The Morgan fingerprint density at radius 1 is 1.10 bits per heavy atom. The van der Waals surface area contributed by atoms with E-state index in [0.29, 0.717) is 6.54 Å². The first kappa shape index (κ1) is 13.1. The van der Waals surface area contributed by atoms with Crippen molar-refractivity contribution in [2.75, 3.05) is 0 Å². The van der Waals surface area contributed by atoms with Gasteiger partial charge in [0.1, 0.15) is 5.69 Å². The average Bonchev–Trinajstić information content (AvgIpc) is 2.97. The van der Waals surface area contributed by atoms with Crippen molar-refractivity contribution in [1.29, 1.82) is 0 Å². The molecule has 1 N–H and O–H groups in total. The van der Waals surface area contributed by atoms with Crippen LogP contribution in [0.25, 0.3) is 11.4 Å². The van der Waals surface area contributed by atoms with E-state index in [0.717, 1.165) is 17.0 Å². The number of benzene rings is 1. The van der Waals surface area contributed by atoms with Crippen LogP contribution in [0, 0.1) is 0 Å². The molecule has 0 bridgehead atoms. The Hall–Kier alpha value is -2.95. The van der Waals surface area contributed by atoms with Crippen LogP contribution in [0.4, 0.5) is 0 Å². The summed E-state index contributed by atoms with van der Waals surface area (Å²) in [6.45, 7) is 0.522. The number of rotatable bonds is 4. The Bertz CT molecular complexity index is 766. The van der Waals surface area contributed by atoms with Gasteiger partial charge in [-0.2, -0.15) is 5.10 Å². The standard InChI is InChI=1S/C16H13N3O2/c20-16(21)13-5-3-4-12(10-13)11-19-9-7-15(18-19)14-6-1-2-8-17-14/h1-10H,11H2,(H,20,21). The van der Waals surface area contributed by atoms with Crippen LogP contribution in [0.1, 0.15) is 15.9 Å². The Kier molecular flexibility index (Phi) is 3.47. The number of nitrogens with zero attached hydrogens (tertiary/aromatic N) is 3. The van der Waals surface area contributed by atoms with Gasteiger partial charge in [0.25, 0.3) is 0 Å². The first-order valence-corrected chi connectivity index (χ1v) is 6.49. The number of aromatic nitrogens is 3. The van der Waals surface area contributed by atoms with E-state index >= 15 is 0 Å². The van der Waals surface area contributed by atoms with Crippen LogP contribution < -0.4 is 0 Å². The molecule has 5 heteroatoms. The second-order valence-electron chi connectivity index (χ2n) is 4.62. The molecule has 0 fully saturated rings. The summed E-state index contributed by atoms with van der Waals surface area (Å²) in [6.07, 6.45) is 3.59. The van der Waals surface area contributed by atoms with E-state index < -0.39 is 5.97 Å². The van der Waals surface area contributed by atoms with Gasteiger partial charge in [0.05, 0.1) is 17.8 Å². The molecule has 0 saturated heterocycles. The highest BCUT2D eigenvalue weighted by Crippen LogP contribution is 2.14. The number of carboxylic acids is 1. The lowest BCUT2D eigenvalue weighted by Crippen LogP contribution is -2.03. The molecule has 2 aromatic heterocycles. The number of hydrogen-bond acceptors (Lipinski definition) is 3. The van der Waals surface area contributed by atoms with Gasteiger partial charge in [0.15, 0.2) is 0 Å². The number of aromatic carboxylic acids is 1. The zero-order valence-electron chi connectivity index (χ0n) is 11.2. The zero-order chi connectivity index (χ0) is 14.7. The quantitative estimate of drug-likeness (QED) is 0.797. The van der Waals surface area contributed by atoms with Gasteiger partial charge in [-0.15, -0.1) is 0 Å². The lowest BCUT2D eigenvalue weighted by Gasteiger charge is -2.03. The van der Waals surface area contributed by atoms with E-state index in [1.807, 2.05) is 36.5 Å². The van der Waals surface area contributed by atoms with Crippen molar-refractivity contribution in [2.45, 2.75) is 6.54 Å². The maximum atomic E-state index is 11.0. The fourth-order valence-electron chi connectivity index (χ4n) is 2.09. The maximum Gasteiger partial charge on any atom is 0.335 e. The third-order valence-electron chi connectivity index (χ3n) is 3.09. The highest BCUT2D eigenvalue weighted by atomic mass is 16.4. The van der Waals surface area contributed by atoms with Gasteiger partial charge in [-0.05, 0) is 35.9 Å². The lowest BCUT2D eigenvalue weighted by atomic mass is 10.1. The highest BCUT2D eigenvalue weighted by molar-refractivity contribution is 5.87. The fourth-order valence-corrected chi connectivity index (χ4v) is 2.09. The molecule has 0 radical (unpaired) electrons. The molecule has 21 heavy (non-hydrogen) atoms. The van der Waals surface area contributed by atoms with Crippen molar-refractivity contribution in [2.24, 2.45) is 0 Å². The van der Waals surface area contributed by atoms with Crippen molar-refractivity contribution in [3.8, 4) is 11.4 Å². The molecule has 0 aliphatic rings. The monoisotopic (exact) mass is 279 g/mol. The summed E-state index contributed by atoms with van der Waals surface area (Å²) in [5.41, 5.74) is 2.79. The molecule has 0 spiro atoms. The topological polar surface area (TPSA) is 68.0 Å². The number of hydrogen-bond donors (Lipinski definition) is 1. The van der Waals surface area contributed by atoms with Crippen LogP contribution in [-0.4, -0.2) is 25.8 Å². The number of carboxylic acid groups (broad SMARTS) is 1. The van der Waals surface area contributed by atoms with Crippen molar-refractivity contribution < 1.29 is 9.90 Å². The molecule has 2 heterocycles. The minimum atomic E-state index is -0.925. The third kappa shape index (κ3) is 2.97. The Labute approximate surface area is 121 Å². The van der Waals surface area contributed by atoms with E-state index in [4.69, 9.17) is 5.11 Å². The number of pyridine rings is 1. The van der Waals surface area contributed by atoms with E-state index in [-0.39, 0.29) is 5.56 Å². The van der Waals surface area contributed by atoms with Crippen molar-refractivity contribution >= 4 is 5.97 Å². The van der Waals surface area contributed by atoms with E-state index in [2.05, 4.69) is 10.1 Å². The molecule has 0 aliphatic carbocycles. The molecular formula is C16H13N3O2. The lowest BCUT2D eigenvalue weighted by molar-refractivity contribution is 0.0696. The predicted octanol–water partition coefficient (Wildman–Crippen LogP) is 2.69. The SMILES string of the molecule is O=C(O)c1cccc(Cn2ccc(-c3ccccn3)n2)c1. The molecule has 3 aromatic rings. The van der Waals surface area contributed by atoms with Crippen LogP contribution >= 0.6 is 0 Å². The first-order valence-electron chi connectivity index (χ1n) is 6.49. The van der Waals surface area contributed by atoms with Gasteiger partial charge < -0.3 is 5.11 Å². The van der Waals surface area contributed by atoms with E-state index in [1.54, 1.807) is 29.1 Å². The predicted molar refractivity (Wildman–Crippen MR) is 78.0 cm³/mol. The third-order valence-corrected chi connectivity index (χ3v) is 3.09. The molecule has 3 rings (SSSR count). The highest BCUT2D eigenvalue weighted by Gasteiger charge is 2.06. The van der Waals surface area contributed by atoms with Crippen LogP contribution in [0.5, 0.6) is 0 Å². The van der Waals surface area contributed by atoms with Crippen molar-refractivity contribution in [3.05, 3.63) is 72.1 Å². The molecule has 0 unspecified atom stereocenters. The summed E-state index contributed by atoms with van der Waals surface area (Å²) in [6, 6.07) is 14.4. The normalized spacial score (nSPS) is 10.5.